The van der Waals surface area contributed by atoms with Crippen LogP contribution in [0.25, 0.3) is 0 Å². The van der Waals surface area contributed by atoms with Crippen molar-refractivity contribution in [2.45, 2.75) is 6.42 Å². The minimum absolute atomic E-state index is 0.126. The normalized spacial score (nSPS) is 10.1. The van der Waals surface area contributed by atoms with Gasteiger partial charge in [0.15, 0.2) is 0 Å². The number of rotatable bonds is 5. The third kappa shape index (κ3) is 3.81. The molecule has 20 heavy (non-hydrogen) atoms. The van der Waals surface area contributed by atoms with Crippen LogP contribution in [0.1, 0.15) is 15.9 Å². The van der Waals surface area contributed by atoms with Crippen molar-refractivity contribution in [2.24, 2.45) is 0 Å². The zero-order chi connectivity index (χ0) is 14.4. The standard InChI is InChI=1S/C15H16BrN3O/c1-17-14-13(9-12(16)10-19-14)15(20)18-8-7-11-5-3-2-4-6-11/h2-6,9-10H,7-8H2,1H3,(H,17,19)(H,18,20). The molecule has 104 valence electrons. The molecule has 0 aliphatic heterocycles. The van der Waals surface area contributed by atoms with Crippen molar-refractivity contribution in [1.29, 1.82) is 0 Å². The molecule has 0 saturated carbocycles. The number of anilines is 1. The number of nitrogens with one attached hydrogen (secondary N) is 2. The molecule has 1 aromatic carbocycles. The molecule has 0 atom stereocenters. The number of nitrogens with zero attached hydrogens (tertiary/aromatic N) is 1. The van der Waals surface area contributed by atoms with E-state index in [-0.39, 0.29) is 5.91 Å². The monoisotopic (exact) mass is 333 g/mol. The molecule has 0 aliphatic rings. The van der Waals surface area contributed by atoms with Crippen LogP contribution >= 0.6 is 15.9 Å². The van der Waals surface area contributed by atoms with Gasteiger partial charge < -0.3 is 10.6 Å². The van der Waals surface area contributed by atoms with E-state index in [0.29, 0.717) is 17.9 Å². The first-order valence-electron chi connectivity index (χ1n) is 6.36. The maximum atomic E-state index is 12.2. The SMILES string of the molecule is CNc1ncc(Br)cc1C(=O)NCCc1ccccc1. The molecule has 1 heterocycles. The van der Waals surface area contributed by atoms with E-state index in [1.165, 1.54) is 5.56 Å². The molecule has 0 saturated heterocycles. The summed E-state index contributed by atoms with van der Waals surface area (Å²) < 4.78 is 0.782. The third-order valence-electron chi connectivity index (χ3n) is 2.88. The lowest BCUT2D eigenvalue weighted by molar-refractivity contribution is 0.0954. The molecule has 5 heteroatoms. The highest BCUT2D eigenvalue weighted by Crippen LogP contribution is 2.17. The van der Waals surface area contributed by atoms with Gasteiger partial charge in [-0.1, -0.05) is 30.3 Å². The summed E-state index contributed by atoms with van der Waals surface area (Å²) >= 11 is 3.33. The Bertz CT molecular complexity index is 587. The van der Waals surface area contributed by atoms with Gasteiger partial charge >= 0.3 is 0 Å². The lowest BCUT2D eigenvalue weighted by atomic mass is 10.1. The van der Waals surface area contributed by atoms with Crippen LogP contribution in [0.3, 0.4) is 0 Å². The molecule has 2 N–H and O–H groups in total. The van der Waals surface area contributed by atoms with Gasteiger partial charge in [-0.3, -0.25) is 4.79 Å². The van der Waals surface area contributed by atoms with Crippen LogP contribution in [-0.2, 0) is 6.42 Å². The molecule has 0 bridgehead atoms. The lowest BCUT2D eigenvalue weighted by Gasteiger charge is -2.09. The van der Waals surface area contributed by atoms with E-state index in [1.54, 1.807) is 19.3 Å². The third-order valence-corrected chi connectivity index (χ3v) is 3.31. The van der Waals surface area contributed by atoms with E-state index < -0.39 is 0 Å². The number of carbonyl (C=O) groups excluding carboxylic acids is 1. The fraction of sp³-hybridized carbons (Fsp3) is 0.200. The Morgan fingerprint density at radius 3 is 2.75 bits per heavy atom. The first-order valence-corrected chi connectivity index (χ1v) is 7.15. The van der Waals surface area contributed by atoms with Gasteiger partial charge in [0.1, 0.15) is 5.82 Å². The Balaban J connectivity index is 1.97. The maximum Gasteiger partial charge on any atom is 0.255 e. The van der Waals surface area contributed by atoms with Gasteiger partial charge in [-0.2, -0.15) is 0 Å². The molecular weight excluding hydrogens is 318 g/mol. The quantitative estimate of drug-likeness (QED) is 0.884. The van der Waals surface area contributed by atoms with Crippen LogP contribution in [0.2, 0.25) is 0 Å². The smallest absolute Gasteiger partial charge is 0.255 e. The van der Waals surface area contributed by atoms with E-state index in [9.17, 15) is 4.79 Å². The van der Waals surface area contributed by atoms with Crippen molar-refractivity contribution >= 4 is 27.7 Å². The second-order valence-corrected chi connectivity index (χ2v) is 5.21. The molecule has 2 aromatic rings. The fourth-order valence-electron chi connectivity index (χ4n) is 1.87. The fourth-order valence-corrected chi connectivity index (χ4v) is 2.20. The van der Waals surface area contributed by atoms with Crippen LogP contribution in [0.15, 0.2) is 47.1 Å². The molecule has 4 nitrogen and oxygen atoms in total. The number of pyridine rings is 1. The average molecular weight is 334 g/mol. The average Bonchev–Trinajstić information content (AvgIpc) is 2.48. The minimum Gasteiger partial charge on any atom is -0.372 e. The molecule has 0 spiro atoms. The summed E-state index contributed by atoms with van der Waals surface area (Å²) in [6.07, 6.45) is 2.47. The van der Waals surface area contributed by atoms with Crippen molar-refractivity contribution in [3.05, 3.63) is 58.2 Å². The first-order chi connectivity index (χ1) is 9.70. The van der Waals surface area contributed by atoms with Crippen molar-refractivity contribution < 1.29 is 4.79 Å². The molecule has 0 fully saturated rings. The zero-order valence-electron chi connectivity index (χ0n) is 11.2. The summed E-state index contributed by atoms with van der Waals surface area (Å²) in [5.41, 5.74) is 1.74. The Morgan fingerprint density at radius 2 is 2.05 bits per heavy atom. The summed E-state index contributed by atoms with van der Waals surface area (Å²) in [6, 6.07) is 11.8. The van der Waals surface area contributed by atoms with Crippen molar-refractivity contribution in [3.63, 3.8) is 0 Å². The molecule has 2 rings (SSSR count). The highest BCUT2D eigenvalue weighted by Gasteiger charge is 2.12. The minimum atomic E-state index is -0.126. The van der Waals surface area contributed by atoms with E-state index >= 15 is 0 Å². The predicted molar refractivity (Wildman–Crippen MR) is 84.0 cm³/mol. The number of carbonyl (C=O) groups is 1. The Kier molecular flexibility index (Phi) is 5.12. The van der Waals surface area contributed by atoms with Crippen molar-refractivity contribution in [3.8, 4) is 0 Å². The van der Waals surface area contributed by atoms with Gasteiger partial charge in [0, 0.05) is 24.3 Å². The maximum absolute atomic E-state index is 12.2. The Morgan fingerprint density at radius 1 is 1.30 bits per heavy atom. The van der Waals surface area contributed by atoms with E-state index in [1.807, 2.05) is 30.3 Å². The summed E-state index contributed by atoms with van der Waals surface area (Å²) in [5.74, 6) is 0.449. The molecule has 0 radical (unpaired) electrons. The van der Waals surface area contributed by atoms with Crippen LogP contribution in [0, 0.1) is 0 Å². The van der Waals surface area contributed by atoms with E-state index in [0.717, 1.165) is 10.9 Å². The molecular formula is C15H16BrN3O. The highest BCUT2D eigenvalue weighted by molar-refractivity contribution is 9.10. The van der Waals surface area contributed by atoms with Gasteiger partial charge in [-0.25, -0.2) is 4.98 Å². The van der Waals surface area contributed by atoms with Gasteiger partial charge in [0.25, 0.3) is 5.91 Å². The van der Waals surface area contributed by atoms with Crippen LogP contribution in [0.4, 0.5) is 5.82 Å². The number of hydrogen-bond donors (Lipinski definition) is 2. The lowest BCUT2D eigenvalue weighted by Crippen LogP contribution is -2.26. The predicted octanol–water partition coefficient (Wildman–Crippen LogP) is 2.86. The molecule has 1 aromatic heterocycles. The van der Waals surface area contributed by atoms with Crippen molar-refractivity contribution in [2.75, 3.05) is 18.9 Å². The van der Waals surface area contributed by atoms with Gasteiger partial charge in [-0.15, -0.1) is 0 Å². The van der Waals surface area contributed by atoms with Gasteiger partial charge in [0.05, 0.1) is 5.56 Å². The molecule has 1 amide bonds. The second-order valence-electron chi connectivity index (χ2n) is 4.29. The zero-order valence-corrected chi connectivity index (χ0v) is 12.8. The number of aromatic nitrogens is 1. The number of amides is 1. The number of halogens is 1. The van der Waals surface area contributed by atoms with Gasteiger partial charge in [-0.05, 0) is 34.0 Å². The second kappa shape index (κ2) is 7.05. The first kappa shape index (κ1) is 14.5. The summed E-state index contributed by atoms with van der Waals surface area (Å²) in [5, 5.41) is 5.83. The summed E-state index contributed by atoms with van der Waals surface area (Å²) in [4.78, 5) is 16.3. The van der Waals surface area contributed by atoms with Crippen LogP contribution in [-0.4, -0.2) is 24.5 Å². The number of hydrogen-bond acceptors (Lipinski definition) is 3. The van der Waals surface area contributed by atoms with E-state index in [4.69, 9.17) is 0 Å². The molecule has 0 unspecified atom stereocenters. The number of benzene rings is 1. The summed E-state index contributed by atoms with van der Waals surface area (Å²) in [6.45, 7) is 0.596. The van der Waals surface area contributed by atoms with E-state index in [2.05, 4.69) is 31.5 Å². The van der Waals surface area contributed by atoms with Crippen LogP contribution in [0.5, 0.6) is 0 Å². The highest BCUT2D eigenvalue weighted by atomic mass is 79.9. The van der Waals surface area contributed by atoms with Gasteiger partial charge in [0.2, 0.25) is 0 Å². The Labute approximate surface area is 126 Å². The Hall–Kier alpha value is -1.88. The van der Waals surface area contributed by atoms with Crippen LogP contribution < -0.4 is 10.6 Å². The summed E-state index contributed by atoms with van der Waals surface area (Å²) in [7, 11) is 1.75. The van der Waals surface area contributed by atoms with Crippen molar-refractivity contribution in [1.82, 2.24) is 10.3 Å². The molecule has 0 aliphatic carbocycles. The topological polar surface area (TPSA) is 54.0 Å². The largest absolute Gasteiger partial charge is 0.372 e.